The van der Waals surface area contributed by atoms with Crippen molar-refractivity contribution in [1.29, 1.82) is 0 Å². The largest absolute Gasteiger partial charge is 0.398 e. The van der Waals surface area contributed by atoms with Crippen LogP contribution in [-0.4, -0.2) is 42.4 Å². The molecule has 0 bridgehead atoms. The van der Waals surface area contributed by atoms with Gasteiger partial charge in [-0.15, -0.1) is 0 Å². The molecule has 0 spiro atoms. The Morgan fingerprint density at radius 2 is 2.19 bits per heavy atom. The molecule has 1 aromatic carbocycles. The number of thioether (sulfide) groups is 1. The third-order valence-corrected chi connectivity index (χ3v) is 4.51. The second kappa shape index (κ2) is 8.95. The van der Waals surface area contributed by atoms with Gasteiger partial charge in [0.15, 0.2) is 0 Å². The first-order chi connectivity index (χ1) is 9.99. The minimum Gasteiger partial charge on any atom is -0.398 e. The predicted molar refractivity (Wildman–Crippen MR) is 93.9 cm³/mol. The highest BCUT2D eigenvalue weighted by Gasteiger charge is 2.13. The van der Waals surface area contributed by atoms with E-state index < -0.39 is 0 Å². The van der Waals surface area contributed by atoms with Crippen molar-refractivity contribution in [3.63, 3.8) is 0 Å². The van der Waals surface area contributed by atoms with Crippen LogP contribution in [0.1, 0.15) is 25.3 Å². The molecule has 0 radical (unpaired) electrons. The normalized spacial score (nSPS) is 12.4. The van der Waals surface area contributed by atoms with Crippen LogP contribution in [0.5, 0.6) is 0 Å². The molecule has 1 unspecified atom stereocenters. The number of carbonyl (C=O) groups is 1. The van der Waals surface area contributed by atoms with Gasteiger partial charge in [0, 0.05) is 36.1 Å². The van der Waals surface area contributed by atoms with Crippen LogP contribution in [0.25, 0.3) is 0 Å². The fourth-order valence-corrected chi connectivity index (χ4v) is 3.09. The van der Waals surface area contributed by atoms with Crippen molar-refractivity contribution in [2.75, 3.05) is 36.7 Å². The number of anilines is 2. The molecule has 4 nitrogen and oxygen atoms in total. The molecule has 118 valence electrons. The topological polar surface area (TPSA) is 58.4 Å². The van der Waals surface area contributed by atoms with E-state index in [1.807, 2.05) is 36.9 Å². The summed E-state index contributed by atoms with van der Waals surface area (Å²) >= 11 is 1.85. The SMILES string of the molecule is CCC(CSC)N(C)CCC(=O)Nc1cccc(N)c1C. The van der Waals surface area contributed by atoms with E-state index in [0.29, 0.717) is 18.2 Å². The summed E-state index contributed by atoms with van der Waals surface area (Å²) in [5.41, 5.74) is 8.28. The molecule has 0 heterocycles. The number of carbonyl (C=O) groups excluding carboxylic acids is 1. The first-order valence-corrected chi connectivity index (χ1v) is 8.73. The Morgan fingerprint density at radius 1 is 1.48 bits per heavy atom. The summed E-state index contributed by atoms with van der Waals surface area (Å²) in [5.74, 6) is 1.14. The van der Waals surface area contributed by atoms with Gasteiger partial charge in [0.05, 0.1) is 0 Å². The molecule has 0 aliphatic carbocycles. The third-order valence-electron chi connectivity index (χ3n) is 3.80. The molecule has 0 aromatic heterocycles. The van der Waals surface area contributed by atoms with Gasteiger partial charge in [0.1, 0.15) is 0 Å². The average molecular weight is 309 g/mol. The highest BCUT2D eigenvalue weighted by Crippen LogP contribution is 2.20. The summed E-state index contributed by atoms with van der Waals surface area (Å²) in [6.07, 6.45) is 3.72. The standard InChI is InChI=1S/C16H27N3OS/c1-5-13(11-21-4)19(3)10-9-16(20)18-15-8-6-7-14(17)12(15)2/h6-8,13H,5,9-11,17H2,1-4H3,(H,18,20). The molecule has 3 N–H and O–H groups in total. The first kappa shape index (κ1) is 17.9. The minimum absolute atomic E-state index is 0.0366. The summed E-state index contributed by atoms with van der Waals surface area (Å²) < 4.78 is 0. The molecular formula is C16H27N3OS. The number of hydrogen-bond donors (Lipinski definition) is 2. The number of nitrogens with two attached hydrogens (primary N) is 1. The maximum absolute atomic E-state index is 12.1. The number of nitrogen functional groups attached to an aromatic ring is 1. The summed E-state index contributed by atoms with van der Waals surface area (Å²) in [4.78, 5) is 14.3. The molecule has 1 aromatic rings. The van der Waals surface area contributed by atoms with Crippen molar-refractivity contribution >= 4 is 29.0 Å². The Bertz CT molecular complexity index is 465. The molecule has 1 amide bonds. The van der Waals surface area contributed by atoms with Crippen LogP contribution in [0, 0.1) is 6.92 Å². The lowest BCUT2D eigenvalue weighted by atomic mass is 10.1. The quantitative estimate of drug-likeness (QED) is 0.725. The highest BCUT2D eigenvalue weighted by molar-refractivity contribution is 7.98. The van der Waals surface area contributed by atoms with Gasteiger partial charge >= 0.3 is 0 Å². The van der Waals surface area contributed by atoms with E-state index >= 15 is 0 Å². The van der Waals surface area contributed by atoms with Crippen molar-refractivity contribution in [3.05, 3.63) is 23.8 Å². The molecule has 0 saturated heterocycles. The Hall–Kier alpha value is -1.20. The molecule has 1 atom stereocenters. The van der Waals surface area contributed by atoms with Gasteiger partial charge in [-0.2, -0.15) is 11.8 Å². The number of benzene rings is 1. The van der Waals surface area contributed by atoms with E-state index in [0.717, 1.165) is 30.0 Å². The van der Waals surface area contributed by atoms with Crippen LogP contribution in [0.3, 0.4) is 0 Å². The van der Waals surface area contributed by atoms with Gasteiger partial charge in [-0.05, 0) is 44.3 Å². The lowest BCUT2D eigenvalue weighted by Gasteiger charge is -2.26. The van der Waals surface area contributed by atoms with Gasteiger partial charge in [0.25, 0.3) is 0 Å². The van der Waals surface area contributed by atoms with Crippen molar-refractivity contribution in [2.45, 2.75) is 32.7 Å². The Labute approximate surface area is 132 Å². The number of hydrogen-bond acceptors (Lipinski definition) is 4. The molecule has 0 fully saturated rings. The summed E-state index contributed by atoms with van der Waals surface area (Å²) in [7, 11) is 2.09. The minimum atomic E-state index is 0.0366. The van der Waals surface area contributed by atoms with Gasteiger partial charge in [-0.3, -0.25) is 4.79 Å². The first-order valence-electron chi connectivity index (χ1n) is 7.33. The Kier molecular flexibility index (Phi) is 7.61. The fourth-order valence-electron chi connectivity index (χ4n) is 2.21. The van der Waals surface area contributed by atoms with E-state index in [1.54, 1.807) is 0 Å². The molecule has 21 heavy (non-hydrogen) atoms. The summed E-state index contributed by atoms with van der Waals surface area (Å²) in [5, 5.41) is 2.94. The van der Waals surface area contributed by atoms with E-state index in [2.05, 4.69) is 30.4 Å². The van der Waals surface area contributed by atoms with Crippen LogP contribution in [-0.2, 0) is 4.79 Å². The second-order valence-corrected chi connectivity index (χ2v) is 6.23. The van der Waals surface area contributed by atoms with Gasteiger partial charge in [-0.25, -0.2) is 0 Å². The fraction of sp³-hybridized carbons (Fsp3) is 0.562. The third kappa shape index (κ3) is 5.59. The van der Waals surface area contributed by atoms with E-state index in [4.69, 9.17) is 5.73 Å². The predicted octanol–water partition coefficient (Wildman–Crippen LogP) is 2.98. The van der Waals surface area contributed by atoms with E-state index in [1.165, 1.54) is 0 Å². The highest BCUT2D eigenvalue weighted by atomic mass is 32.2. The summed E-state index contributed by atoms with van der Waals surface area (Å²) in [6.45, 7) is 4.88. The smallest absolute Gasteiger partial charge is 0.225 e. The molecular weight excluding hydrogens is 282 g/mol. The molecule has 5 heteroatoms. The molecule has 1 rings (SSSR count). The number of amides is 1. The van der Waals surface area contributed by atoms with Crippen LogP contribution >= 0.6 is 11.8 Å². The zero-order chi connectivity index (χ0) is 15.8. The van der Waals surface area contributed by atoms with Crippen molar-refractivity contribution < 1.29 is 4.79 Å². The summed E-state index contributed by atoms with van der Waals surface area (Å²) in [6, 6.07) is 6.11. The van der Waals surface area contributed by atoms with E-state index in [-0.39, 0.29) is 5.91 Å². The molecule has 0 saturated carbocycles. The monoisotopic (exact) mass is 309 g/mol. The van der Waals surface area contributed by atoms with Crippen LogP contribution in [0.4, 0.5) is 11.4 Å². The van der Waals surface area contributed by atoms with Crippen molar-refractivity contribution in [2.24, 2.45) is 0 Å². The van der Waals surface area contributed by atoms with Crippen LogP contribution < -0.4 is 11.1 Å². The number of nitrogens with one attached hydrogen (secondary N) is 1. The van der Waals surface area contributed by atoms with Gasteiger partial charge < -0.3 is 16.0 Å². The lowest BCUT2D eigenvalue weighted by molar-refractivity contribution is -0.116. The maximum atomic E-state index is 12.1. The Balaban J connectivity index is 2.49. The number of nitrogens with zero attached hydrogens (tertiary/aromatic N) is 1. The maximum Gasteiger partial charge on any atom is 0.225 e. The molecule has 0 aliphatic heterocycles. The lowest BCUT2D eigenvalue weighted by Crippen LogP contribution is -2.35. The molecule has 0 aliphatic rings. The average Bonchev–Trinajstić information content (AvgIpc) is 2.47. The second-order valence-electron chi connectivity index (χ2n) is 5.32. The van der Waals surface area contributed by atoms with Crippen molar-refractivity contribution in [3.8, 4) is 0 Å². The van der Waals surface area contributed by atoms with Crippen LogP contribution in [0.15, 0.2) is 18.2 Å². The zero-order valence-corrected chi connectivity index (χ0v) is 14.3. The number of rotatable bonds is 8. The Morgan fingerprint density at radius 3 is 2.81 bits per heavy atom. The van der Waals surface area contributed by atoms with Crippen LogP contribution in [0.2, 0.25) is 0 Å². The van der Waals surface area contributed by atoms with Gasteiger partial charge in [-0.1, -0.05) is 13.0 Å². The van der Waals surface area contributed by atoms with E-state index in [9.17, 15) is 4.79 Å². The van der Waals surface area contributed by atoms with Gasteiger partial charge in [0.2, 0.25) is 5.91 Å². The van der Waals surface area contributed by atoms with Crippen molar-refractivity contribution in [1.82, 2.24) is 4.90 Å². The zero-order valence-electron chi connectivity index (χ0n) is 13.5.